The van der Waals surface area contributed by atoms with E-state index in [4.69, 9.17) is 15.2 Å². The molecule has 2 atom stereocenters. The Bertz CT molecular complexity index is 1070. The van der Waals surface area contributed by atoms with Crippen LogP contribution < -0.4 is 30.7 Å². The van der Waals surface area contributed by atoms with Gasteiger partial charge in [0.1, 0.15) is 18.1 Å². The zero-order valence-electron chi connectivity index (χ0n) is 22.5. The molecule has 1 unspecified atom stereocenters. The van der Waals surface area contributed by atoms with E-state index in [1.54, 1.807) is 19.2 Å². The highest BCUT2D eigenvalue weighted by Gasteiger charge is 2.19. The topological polar surface area (TPSA) is 104 Å². The normalized spacial score (nSPS) is 13.1. The van der Waals surface area contributed by atoms with E-state index in [9.17, 15) is 4.79 Å². The van der Waals surface area contributed by atoms with Crippen LogP contribution in [0.1, 0.15) is 19.4 Å². The smallest absolute Gasteiger partial charge is 0.247 e. The summed E-state index contributed by atoms with van der Waals surface area (Å²) in [5, 5.41) is 5.90. The van der Waals surface area contributed by atoms with Crippen LogP contribution in [0.3, 0.4) is 0 Å². The minimum atomic E-state index is -0.355. The minimum Gasteiger partial charge on any atom is -0.494 e. The first-order valence-electron chi connectivity index (χ1n) is 11.9. The molecule has 4 N–H and O–H groups in total. The van der Waals surface area contributed by atoms with Crippen molar-refractivity contribution in [2.75, 3.05) is 56.9 Å². The van der Waals surface area contributed by atoms with Gasteiger partial charge in [-0.2, -0.15) is 0 Å². The van der Waals surface area contributed by atoms with Crippen molar-refractivity contribution in [1.29, 1.82) is 0 Å². The van der Waals surface area contributed by atoms with Crippen molar-refractivity contribution < 1.29 is 14.3 Å². The maximum absolute atomic E-state index is 12.0. The molecule has 0 fully saturated rings. The van der Waals surface area contributed by atoms with Gasteiger partial charge in [-0.1, -0.05) is 24.8 Å². The van der Waals surface area contributed by atoms with E-state index in [0.29, 0.717) is 36.0 Å². The Hall–Kier alpha value is -3.72. The molecule has 0 bridgehead atoms. The Kier molecular flexibility index (Phi) is 10.6. The van der Waals surface area contributed by atoms with E-state index in [-0.39, 0.29) is 24.0 Å². The third kappa shape index (κ3) is 7.91. The summed E-state index contributed by atoms with van der Waals surface area (Å²) in [7, 11) is 7.52. The number of aliphatic imine (C=N–C) groups is 1. The SMILES string of the molecule is C=CC(=O)Nc1cc(NC(N)=NC(C)[C@H](C)N(C)c2ccccc2C)c(OC)cc1OCCN(C)C. The molecule has 0 aliphatic heterocycles. The van der Waals surface area contributed by atoms with Gasteiger partial charge in [-0.3, -0.25) is 4.79 Å². The van der Waals surface area contributed by atoms with Crippen LogP contribution in [0.15, 0.2) is 54.0 Å². The van der Waals surface area contributed by atoms with Crippen LogP contribution in [-0.2, 0) is 4.79 Å². The third-order valence-corrected chi connectivity index (χ3v) is 5.95. The fourth-order valence-electron chi connectivity index (χ4n) is 3.57. The van der Waals surface area contributed by atoms with Crippen molar-refractivity contribution in [1.82, 2.24) is 4.90 Å². The van der Waals surface area contributed by atoms with Gasteiger partial charge >= 0.3 is 0 Å². The minimum absolute atomic E-state index is 0.0864. The summed E-state index contributed by atoms with van der Waals surface area (Å²) < 4.78 is 11.5. The highest BCUT2D eigenvalue weighted by Crippen LogP contribution is 2.36. The molecule has 2 rings (SSSR count). The number of carbonyl (C=O) groups excluding carboxylic acids is 1. The molecule has 2 aromatic rings. The number of anilines is 3. The average Bonchev–Trinajstić information content (AvgIpc) is 2.84. The summed E-state index contributed by atoms with van der Waals surface area (Å²) in [5.74, 6) is 0.856. The number of rotatable bonds is 12. The average molecular weight is 497 g/mol. The second-order valence-corrected chi connectivity index (χ2v) is 8.91. The number of para-hydroxylation sites is 1. The van der Waals surface area contributed by atoms with Crippen LogP contribution in [0.5, 0.6) is 11.5 Å². The van der Waals surface area contributed by atoms with Crippen molar-refractivity contribution in [2.45, 2.75) is 32.9 Å². The first kappa shape index (κ1) is 28.5. The van der Waals surface area contributed by atoms with Crippen molar-refractivity contribution in [3.05, 3.63) is 54.6 Å². The predicted octanol–water partition coefficient (Wildman–Crippen LogP) is 3.71. The highest BCUT2D eigenvalue weighted by atomic mass is 16.5. The zero-order valence-corrected chi connectivity index (χ0v) is 22.5. The monoisotopic (exact) mass is 496 g/mol. The number of nitrogens with zero attached hydrogens (tertiary/aromatic N) is 3. The second-order valence-electron chi connectivity index (χ2n) is 8.91. The molecule has 2 aromatic carbocycles. The van der Waals surface area contributed by atoms with Crippen LogP contribution >= 0.6 is 0 Å². The van der Waals surface area contributed by atoms with Gasteiger partial charge in [-0.15, -0.1) is 0 Å². The van der Waals surface area contributed by atoms with Gasteiger partial charge in [0.2, 0.25) is 5.91 Å². The lowest BCUT2D eigenvalue weighted by Gasteiger charge is -2.31. The van der Waals surface area contributed by atoms with Crippen molar-refractivity contribution in [2.24, 2.45) is 10.7 Å². The molecule has 0 saturated heterocycles. The van der Waals surface area contributed by atoms with Crippen LogP contribution in [0.2, 0.25) is 0 Å². The van der Waals surface area contributed by atoms with Gasteiger partial charge in [-0.25, -0.2) is 4.99 Å². The second kappa shape index (κ2) is 13.4. The summed E-state index contributed by atoms with van der Waals surface area (Å²) in [6, 6.07) is 11.6. The van der Waals surface area contributed by atoms with Crippen LogP contribution in [-0.4, -0.2) is 70.3 Å². The Balaban J connectivity index is 2.27. The molecule has 0 radical (unpaired) electrons. The molecule has 0 spiro atoms. The Labute approximate surface area is 215 Å². The number of carbonyl (C=O) groups is 1. The number of likely N-dealkylation sites (N-methyl/N-ethyl adjacent to an activating group) is 2. The molecular weight excluding hydrogens is 456 g/mol. The molecule has 9 nitrogen and oxygen atoms in total. The largest absolute Gasteiger partial charge is 0.494 e. The number of nitrogens with two attached hydrogens (primary N) is 1. The first-order valence-corrected chi connectivity index (χ1v) is 11.9. The van der Waals surface area contributed by atoms with E-state index in [0.717, 1.165) is 5.69 Å². The third-order valence-electron chi connectivity index (χ3n) is 5.95. The Morgan fingerprint density at radius 2 is 1.81 bits per heavy atom. The maximum atomic E-state index is 12.0. The number of guanidine groups is 1. The number of benzene rings is 2. The molecule has 196 valence electrons. The van der Waals surface area contributed by atoms with Gasteiger partial charge in [-0.05, 0) is 58.6 Å². The standard InChI is InChI=1S/C27H40N6O3/c1-9-26(34)30-22-16-21(24(35-8)17-25(22)36-15-14-32(5)6)31-27(28)29-19(3)20(4)33(7)23-13-11-10-12-18(23)2/h9-13,16-17,19-20H,1,14-15H2,2-8H3,(H,30,34)(H3,28,29,31)/t19?,20-/m0/s1. The van der Waals surface area contributed by atoms with Gasteiger partial charge in [0.05, 0.1) is 24.5 Å². The summed E-state index contributed by atoms with van der Waals surface area (Å²) >= 11 is 0. The fourth-order valence-corrected chi connectivity index (χ4v) is 3.57. The van der Waals surface area contributed by atoms with E-state index >= 15 is 0 Å². The lowest BCUT2D eigenvalue weighted by atomic mass is 10.1. The molecule has 1 amide bonds. The number of ether oxygens (including phenoxy) is 2. The van der Waals surface area contributed by atoms with Crippen LogP contribution in [0.25, 0.3) is 0 Å². The number of aryl methyl sites for hydroxylation is 1. The molecule has 0 aromatic heterocycles. The number of amides is 1. The Morgan fingerprint density at radius 1 is 1.14 bits per heavy atom. The number of methoxy groups -OCH3 is 1. The van der Waals surface area contributed by atoms with Crippen molar-refractivity contribution >= 4 is 28.9 Å². The van der Waals surface area contributed by atoms with E-state index in [1.807, 2.05) is 38.1 Å². The van der Waals surface area contributed by atoms with E-state index < -0.39 is 0 Å². The molecule has 0 heterocycles. The van der Waals surface area contributed by atoms with Gasteiger partial charge in [0.15, 0.2) is 5.96 Å². The molecule has 0 saturated carbocycles. The predicted molar refractivity (Wildman–Crippen MR) is 150 cm³/mol. The van der Waals surface area contributed by atoms with Crippen molar-refractivity contribution in [3.8, 4) is 11.5 Å². The number of nitrogens with one attached hydrogen (secondary N) is 2. The van der Waals surface area contributed by atoms with E-state index in [2.05, 4.69) is 60.1 Å². The maximum Gasteiger partial charge on any atom is 0.247 e. The van der Waals surface area contributed by atoms with Crippen LogP contribution in [0, 0.1) is 6.92 Å². The summed E-state index contributed by atoms with van der Waals surface area (Å²) in [6.45, 7) is 10.9. The van der Waals surface area contributed by atoms with Gasteiger partial charge in [0.25, 0.3) is 0 Å². The molecule has 0 aliphatic rings. The number of hydrogen-bond donors (Lipinski definition) is 3. The Morgan fingerprint density at radius 3 is 2.42 bits per heavy atom. The first-order chi connectivity index (χ1) is 17.1. The van der Waals surface area contributed by atoms with Gasteiger partial charge < -0.3 is 35.6 Å². The fraction of sp³-hybridized carbons (Fsp3) is 0.407. The number of hydrogen-bond acceptors (Lipinski definition) is 6. The van der Waals surface area contributed by atoms with Crippen molar-refractivity contribution in [3.63, 3.8) is 0 Å². The zero-order chi connectivity index (χ0) is 26.8. The molecule has 9 heteroatoms. The lowest BCUT2D eigenvalue weighted by Crippen LogP contribution is -2.39. The van der Waals surface area contributed by atoms with Gasteiger partial charge in [0, 0.05) is 31.4 Å². The molecule has 0 aliphatic carbocycles. The molecular formula is C27H40N6O3. The molecule has 36 heavy (non-hydrogen) atoms. The summed E-state index contributed by atoms with van der Waals surface area (Å²) in [5.41, 5.74) is 9.65. The van der Waals surface area contributed by atoms with Crippen LogP contribution in [0.4, 0.5) is 17.1 Å². The summed E-state index contributed by atoms with van der Waals surface area (Å²) in [4.78, 5) is 20.9. The summed E-state index contributed by atoms with van der Waals surface area (Å²) in [6.07, 6.45) is 1.20. The van der Waals surface area contributed by atoms with E-state index in [1.165, 1.54) is 11.6 Å². The quantitative estimate of drug-likeness (QED) is 0.234. The lowest BCUT2D eigenvalue weighted by molar-refractivity contribution is -0.111. The highest BCUT2D eigenvalue weighted by molar-refractivity contribution is 6.01.